The second kappa shape index (κ2) is 6.91. The zero-order chi connectivity index (χ0) is 14.4. The molecule has 4 heteroatoms. The lowest BCUT2D eigenvalue weighted by atomic mass is 10.1. The van der Waals surface area contributed by atoms with Crippen LogP contribution >= 0.6 is 0 Å². The van der Waals surface area contributed by atoms with Crippen LogP contribution in [0, 0.1) is 5.82 Å². The number of ether oxygens (including phenoxy) is 2. The van der Waals surface area contributed by atoms with E-state index in [-0.39, 0.29) is 12.3 Å². The van der Waals surface area contributed by atoms with Gasteiger partial charge >= 0.3 is 0 Å². The number of anilines is 1. The molecular weight excluding hydrogens is 257 g/mol. The molecule has 0 bridgehead atoms. The van der Waals surface area contributed by atoms with Gasteiger partial charge in [0.25, 0.3) is 0 Å². The van der Waals surface area contributed by atoms with Crippen molar-refractivity contribution in [1.82, 2.24) is 0 Å². The van der Waals surface area contributed by atoms with E-state index in [1.54, 1.807) is 19.2 Å². The molecule has 0 fully saturated rings. The molecule has 0 saturated heterocycles. The van der Waals surface area contributed by atoms with Gasteiger partial charge in [0, 0.05) is 12.7 Å². The summed E-state index contributed by atoms with van der Waals surface area (Å²) in [6, 6.07) is 12.6. The van der Waals surface area contributed by atoms with Gasteiger partial charge in [-0.05, 0) is 30.2 Å². The lowest BCUT2D eigenvalue weighted by molar-refractivity contribution is 0.202. The molecule has 2 aromatic rings. The monoisotopic (exact) mass is 275 g/mol. The number of rotatable bonds is 6. The highest BCUT2D eigenvalue weighted by molar-refractivity contribution is 5.42. The fourth-order valence-electron chi connectivity index (χ4n) is 1.84. The van der Waals surface area contributed by atoms with Crippen LogP contribution < -0.4 is 10.5 Å². The highest BCUT2D eigenvalue weighted by Gasteiger charge is 2.06. The summed E-state index contributed by atoms with van der Waals surface area (Å²) in [6.45, 7) is 0.850. The van der Waals surface area contributed by atoms with Crippen molar-refractivity contribution < 1.29 is 13.9 Å². The zero-order valence-corrected chi connectivity index (χ0v) is 11.4. The van der Waals surface area contributed by atoms with E-state index in [9.17, 15) is 4.39 Å². The van der Waals surface area contributed by atoms with Crippen LogP contribution in [0.3, 0.4) is 0 Å². The fourth-order valence-corrected chi connectivity index (χ4v) is 1.84. The molecule has 3 nitrogen and oxygen atoms in total. The Balaban J connectivity index is 1.95. The van der Waals surface area contributed by atoms with Gasteiger partial charge in [-0.1, -0.05) is 24.3 Å². The minimum absolute atomic E-state index is 0.140. The van der Waals surface area contributed by atoms with Gasteiger partial charge in [-0.3, -0.25) is 0 Å². The summed E-state index contributed by atoms with van der Waals surface area (Å²) < 4.78 is 24.3. The summed E-state index contributed by atoms with van der Waals surface area (Å²) in [5.41, 5.74) is 7.28. The summed E-state index contributed by atoms with van der Waals surface area (Å²) >= 11 is 0. The van der Waals surface area contributed by atoms with E-state index >= 15 is 0 Å². The first-order chi connectivity index (χ1) is 9.70. The third-order valence-corrected chi connectivity index (χ3v) is 3.02. The normalized spacial score (nSPS) is 10.5. The van der Waals surface area contributed by atoms with Crippen LogP contribution in [0.15, 0.2) is 42.5 Å². The van der Waals surface area contributed by atoms with Crippen LogP contribution in [0.1, 0.15) is 11.1 Å². The van der Waals surface area contributed by atoms with Gasteiger partial charge in [0.05, 0.1) is 12.3 Å². The van der Waals surface area contributed by atoms with Crippen molar-refractivity contribution in [3.05, 3.63) is 59.4 Å². The minimum Gasteiger partial charge on any atom is -0.489 e. The third kappa shape index (κ3) is 3.71. The highest BCUT2D eigenvalue weighted by atomic mass is 19.1. The number of nitrogen functional groups attached to an aromatic ring is 1. The number of hydrogen-bond donors (Lipinski definition) is 1. The number of halogens is 1. The smallest absolute Gasteiger partial charge is 0.152 e. The molecule has 0 atom stereocenters. The summed E-state index contributed by atoms with van der Waals surface area (Å²) in [7, 11) is 1.68. The first-order valence-electron chi connectivity index (χ1n) is 6.44. The molecule has 106 valence electrons. The number of benzene rings is 2. The maximum absolute atomic E-state index is 13.7. The van der Waals surface area contributed by atoms with Crippen LogP contribution in [0.5, 0.6) is 5.75 Å². The van der Waals surface area contributed by atoms with Gasteiger partial charge in [0.2, 0.25) is 0 Å². The molecule has 0 aliphatic carbocycles. The molecule has 2 rings (SSSR count). The highest BCUT2D eigenvalue weighted by Crippen LogP contribution is 2.18. The van der Waals surface area contributed by atoms with E-state index in [1.807, 2.05) is 24.3 Å². The van der Waals surface area contributed by atoms with Gasteiger partial charge in [0.1, 0.15) is 12.4 Å². The molecule has 0 saturated carbocycles. The quantitative estimate of drug-likeness (QED) is 0.823. The van der Waals surface area contributed by atoms with Crippen LogP contribution in [-0.4, -0.2) is 13.7 Å². The number of nitrogens with two attached hydrogens (primary N) is 1. The van der Waals surface area contributed by atoms with Crippen molar-refractivity contribution in [3.63, 3.8) is 0 Å². The standard InChI is InChI=1S/C16H18FNO2/c1-19-10-9-12-5-7-14(8-6-12)20-11-13-3-2-4-15(18)16(13)17/h2-8H,9-11,18H2,1H3. The molecule has 2 N–H and O–H groups in total. The Morgan fingerprint density at radius 3 is 2.55 bits per heavy atom. The Morgan fingerprint density at radius 2 is 1.85 bits per heavy atom. The molecule has 0 heterocycles. The molecule has 2 aromatic carbocycles. The van der Waals surface area contributed by atoms with Gasteiger partial charge < -0.3 is 15.2 Å². The van der Waals surface area contributed by atoms with Crippen molar-refractivity contribution in [1.29, 1.82) is 0 Å². The second-order valence-corrected chi connectivity index (χ2v) is 4.50. The molecular formula is C16H18FNO2. The molecule has 0 aliphatic rings. The summed E-state index contributed by atoms with van der Waals surface area (Å²) in [5, 5.41) is 0. The maximum Gasteiger partial charge on any atom is 0.152 e. The van der Waals surface area contributed by atoms with Crippen molar-refractivity contribution in [2.75, 3.05) is 19.5 Å². The Morgan fingerprint density at radius 1 is 1.10 bits per heavy atom. The van der Waals surface area contributed by atoms with Crippen molar-refractivity contribution in [2.24, 2.45) is 0 Å². The van der Waals surface area contributed by atoms with Gasteiger partial charge in [-0.15, -0.1) is 0 Å². The number of hydrogen-bond acceptors (Lipinski definition) is 3. The van der Waals surface area contributed by atoms with Crippen molar-refractivity contribution in [3.8, 4) is 5.75 Å². The first-order valence-corrected chi connectivity index (χ1v) is 6.44. The van der Waals surface area contributed by atoms with E-state index in [0.717, 1.165) is 6.42 Å². The van der Waals surface area contributed by atoms with E-state index in [0.29, 0.717) is 17.9 Å². The van der Waals surface area contributed by atoms with Crippen LogP contribution in [-0.2, 0) is 17.8 Å². The largest absolute Gasteiger partial charge is 0.489 e. The van der Waals surface area contributed by atoms with E-state index in [2.05, 4.69) is 0 Å². The predicted octanol–water partition coefficient (Wildman–Crippen LogP) is 3.18. The van der Waals surface area contributed by atoms with Gasteiger partial charge in [-0.25, -0.2) is 4.39 Å². The molecule has 0 radical (unpaired) electrons. The molecule has 20 heavy (non-hydrogen) atoms. The molecule has 0 spiro atoms. The molecule has 0 aromatic heterocycles. The zero-order valence-electron chi connectivity index (χ0n) is 11.4. The van der Waals surface area contributed by atoms with Crippen LogP contribution in [0.4, 0.5) is 10.1 Å². The number of methoxy groups -OCH3 is 1. The Hall–Kier alpha value is -2.07. The molecule has 0 aliphatic heterocycles. The van der Waals surface area contributed by atoms with E-state index in [4.69, 9.17) is 15.2 Å². The van der Waals surface area contributed by atoms with Crippen LogP contribution in [0.2, 0.25) is 0 Å². The van der Waals surface area contributed by atoms with E-state index < -0.39 is 5.82 Å². The second-order valence-electron chi connectivity index (χ2n) is 4.50. The topological polar surface area (TPSA) is 44.5 Å². The summed E-state index contributed by atoms with van der Waals surface area (Å²) in [6.07, 6.45) is 0.862. The summed E-state index contributed by atoms with van der Waals surface area (Å²) in [4.78, 5) is 0. The Kier molecular flexibility index (Phi) is 4.96. The average Bonchev–Trinajstić information content (AvgIpc) is 2.48. The van der Waals surface area contributed by atoms with Crippen LogP contribution in [0.25, 0.3) is 0 Å². The molecule has 0 unspecified atom stereocenters. The van der Waals surface area contributed by atoms with E-state index in [1.165, 1.54) is 11.6 Å². The third-order valence-electron chi connectivity index (χ3n) is 3.02. The lowest BCUT2D eigenvalue weighted by Crippen LogP contribution is -2.01. The average molecular weight is 275 g/mol. The maximum atomic E-state index is 13.7. The Bertz CT molecular complexity index is 555. The predicted molar refractivity (Wildman–Crippen MR) is 77.2 cm³/mol. The van der Waals surface area contributed by atoms with Gasteiger partial charge in [-0.2, -0.15) is 0 Å². The SMILES string of the molecule is COCCc1ccc(OCc2cccc(N)c2F)cc1. The molecule has 0 amide bonds. The Labute approximate surface area is 118 Å². The van der Waals surface area contributed by atoms with Crippen molar-refractivity contribution >= 4 is 5.69 Å². The lowest BCUT2D eigenvalue weighted by Gasteiger charge is -2.09. The fraction of sp³-hybridized carbons (Fsp3) is 0.250. The van der Waals surface area contributed by atoms with Crippen molar-refractivity contribution in [2.45, 2.75) is 13.0 Å². The minimum atomic E-state index is -0.413. The summed E-state index contributed by atoms with van der Waals surface area (Å²) in [5.74, 6) is 0.289. The van der Waals surface area contributed by atoms with Gasteiger partial charge in [0.15, 0.2) is 5.82 Å². The first kappa shape index (κ1) is 14.3.